The van der Waals surface area contributed by atoms with Crippen LogP contribution in [0.5, 0.6) is 0 Å². The first-order valence-corrected chi connectivity index (χ1v) is 12.2. The molecule has 2 heterocycles. The highest BCUT2D eigenvalue weighted by Gasteiger charge is 2.37. The highest BCUT2D eigenvalue weighted by Crippen LogP contribution is 2.34. The lowest BCUT2D eigenvalue weighted by Crippen LogP contribution is -2.36. The van der Waals surface area contributed by atoms with Crippen LogP contribution in [0.1, 0.15) is 41.7 Å². The Hall–Kier alpha value is -3.31. The third kappa shape index (κ3) is 4.88. The molecule has 0 radical (unpaired) electrons. The first-order valence-electron chi connectivity index (χ1n) is 10.7. The summed E-state index contributed by atoms with van der Waals surface area (Å²) in [6.07, 6.45) is 4.17. The van der Waals surface area contributed by atoms with Crippen LogP contribution in [0, 0.1) is 18.8 Å². The van der Waals surface area contributed by atoms with Gasteiger partial charge < -0.3 is 5.32 Å². The number of hydrogen-bond acceptors (Lipinski definition) is 6. The fourth-order valence-corrected chi connectivity index (χ4v) is 4.99. The van der Waals surface area contributed by atoms with E-state index >= 15 is 0 Å². The van der Waals surface area contributed by atoms with Crippen molar-refractivity contribution < 1.29 is 18.0 Å². The van der Waals surface area contributed by atoms with E-state index in [4.69, 9.17) is 5.14 Å². The minimum atomic E-state index is -4.11. The second-order valence-electron chi connectivity index (χ2n) is 8.43. The van der Waals surface area contributed by atoms with Crippen LogP contribution in [0.2, 0.25) is 0 Å². The molecule has 4 rings (SSSR count). The number of aryl methyl sites for hydroxylation is 2. The zero-order chi connectivity index (χ0) is 23.8. The molecule has 1 aromatic carbocycles. The Kier molecular flexibility index (Phi) is 6.17. The van der Waals surface area contributed by atoms with Gasteiger partial charge >= 0.3 is 0 Å². The quantitative estimate of drug-likeness (QED) is 0.470. The maximum Gasteiger partial charge on any atom is 0.259 e. The number of primary sulfonamides is 1. The largest absolute Gasteiger partial charge is 0.322 e. The van der Waals surface area contributed by atoms with E-state index in [1.165, 1.54) is 17.9 Å². The topological polar surface area (TPSA) is 153 Å². The number of nitrogens with two attached hydrogens (primary N) is 1. The molecule has 0 saturated heterocycles. The number of sulfonamides is 1. The number of amides is 1. The van der Waals surface area contributed by atoms with E-state index in [0.717, 1.165) is 29.8 Å². The van der Waals surface area contributed by atoms with Gasteiger partial charge in [-0.2, -0.15) is 10.2 Å². The zero-order valence-electron chi connectivity index (χ0n) is 18.4. The lowest BCUT2D eigenvalue weighted by molar-refractivity contribution is -0.122. The molecule has 1 fully saturated rings. The number of benzene rings is 1. The third-order valence-corrected chi connectivity index (χ3v) is 6.77. The molecule has 1 aliphatic rings. The fourth-order valence-electron chi connectivity index (χ4n) is 4.33. The van der Waals surface area contributed by atoms with Crippen molar-refractivity contribution in [1.29, 1.82) is 0 Å². The molecule has 0 bridgehead atoms. The van der Waals surface area contributed by atoms with Crippen LogP contribution >= 0.6 is 0 Å². The summed E-state index contributed by atoms with van der Waals surface area (Å²) in [5.74, 6) is -1.58. The van der Waals surface area contributed by atoms with Crippen LogP contribution in [0.3, 0.4) is 0 Å². The Labute approximate surface area is 191 Å². The number of hydrogen-bond donors (Lipinski definition) is 3. The average molecular weight is 471 g/mol. The molecule has 174 valence electrons. The van der Waals surface area contributed by atoms with Crippen molar-refractivity contribution in [2.75, 3.05) is 5.32 Å². The standard InChI is InChI=1S/C22H26N6O4S/c1-13-11-18(26-25-13)14-7-9-15(10-8-14)20(29)16-5-3-4-6-17(16)21(30)24-19-12-28(2)27-22(19)33(23,31)32/h7-12,16-17H,3-6H2,1-2H3,(H,24,30)(H,25,26)(H2,23,31,32)/t16-,17-/m1/s1. The number of aromatic amines is 1. The van der Waals surface area contributed by atoms with Crippen molar-refractivity contribution in [3.8, 4) is 11.3 Å². The molecule has 1 aliphatic carbocycles. The number of carbonyl (C=O) groups excluding carboxylic acids is 2. The second-order valence-corrected chi connectivity index (χ2v) is 9.91. The van der Waals surface area contributed by atoms with Crippen molar-refractivity contribution in [3.05, 3.63) is 47.8 Å². The van der Waals surface area contributed by atoms with Crippen molar-refractivity contribution >= 4 is 27.4 Å². The lowest BCUT2D eigenvalue weighted by atomic mass is 9.75. The van der Waals surface area contributed by atoms with Gasteiger partial charge in [0, 0.05) is 41.9 Å². The summed E-state index contributed by atoms with van der Waals surface area (Å²) < 4.78 is 24.9. The number of Topliss-reactive ketones (excluding diaryl/α,β-unsaturated/α-hetero) is 1. The Morgan fingerprint density at radius 3 is 2.42 bits per heavy atom. The zero-order valence-corrected chi connectivity index (χ0v) is 19.2. The molecule has 1 saturated carbocycles. The normalized spacial score (nSPS) is 18.8. The van der Waals surface area contributed by atoms with Gasteiger partial charge in [0.15, 0.2) is 5.78 Å². The summed E-state index contributed by atoms with van der Waals surface area (Å²) in [6.45, 7) is 1.92. The van der Waals surface area contributed by atoms with Crippen molar-refractivity contribution in [2.24, 2.45) is 24.0 Å². The fraction of sp³-hybridized carbons (Fsp3) is 0.364. The molecule has 1 amide bonds. The van der Waals surface area contributed by atoms with E-state index in [0.29, 0.717) is 18.4 Å². The number of nitrogens with one attached hydrogen (secondary N) is 2. The Morgan fingerprint density at radius 1 is 1.15 bits per heavy atom. The molecule has 0 unspecified atom stereocenters. The van der Waals surface area contributed by atoms with Gasteiger partial charge in [0.2, 0.25) is 10.9 Å². The molecule has 4 N–H and O–H groups in total. The number of ketones is 1. The van der Waals surface area contributed by atoms with Gasteiger partial charge in [-0.05, 0) is 25.8 Å². The molecule has 2 aromatic heterocycles. The highest BCUT2D eigenvalue weighted by molar-refractivity contribution is 7.89. The molecule has 2 atom stereocenters. The predicted molar refractivity (Wildman–Crippen MR) is 122 cm³/mol. The number of carbonyl (C=O) groups is 2. The molecule has 11 heteroatoms. The monoisotopic (exact) mass is 470 g/mol. The molecular formula is C22H26N6O4S. The number of aromatic nitrogens is 4. The van der Waals surface area contributed by atoms with E-state index in [1.807, 2.05) is 25.1 Å². The molecule has 0 spiro atoms. The Balaban J connectivity index is 1.54. The first kappa shape index (κ1) is 22.9. The van der Waals surface area contributed by atoms with Crippen LogP contribution in [-0.2, 0) is 21.9 Å². The summed E-state index contributed by atoms with van der Waals surface area (Å²) in [7, 11) is -2.58. The minimum Gasteiger partial charge on any atom is -0.322 e. The van der Waals surface area contributed by atoms with Gasteiger partial charge in [-0.25, -0.2) is 13.6 Å². The van der Waals surface area contributed by atoms with Crippen LogP contribution in [-0.4, -0.2) is 40.1 Å². The Morgan fingerprint density at radius 2 is 1.82 bits per heavy atom. The van der Waals surface area contributed by atoms with Crippen LogP contribution in [0.4, 0.5) is 5.69 Å². The molecule has 10 nitrogen and oxygen atoms in total. The number of H-pyrrole nitrogens is 1. The van der Waals surface area contributed by atoms with Crippen molar-refractivity contribution in [2.45, 2.75) is 37.6 Å². The SMILES string of the molecule is Cc1cc(-c2ccc(C(=O)[C@@H]3CCCC[C@H]3C(=O)Nc3cn(C)nc3S(N)(=O)=O)cc2)n[nH]1. The number of anilines is 1. The predicted octanol–water partition coefficient (Wildman–Crippen LogP) is 2.39. The van der Waals surface area contributed by atoms with E-state index in [-0.39, 0.29) is 11.5 Å². The number of nitrogens with zero attached hydrogens (tertiary/aromatic N) is 3. The summed E-state index contributed by atoms with van der Waals surface area (Å²) in [6, 6.07) is 9.12. The van der Waals surface area contributed by atoms with Gasteiger partial charge in [-0.1, -0.05) is 37.1 Å². The minimum absolute atomic E-state index is 0.0143. The van der Waals surface area contributed by atoms with Crippen LogP contribution in [0.15, 0.2) is 41.6 Å². The van der Waals surface area contributed by atoms with E-state index in [9.17, 15) is 18.0 Å². The second kappa shape index (κ2) is 8.91. The number of rotatable bonds is 6. The van der Waals surface area contributed by atoms with Gasteiger partial charge in [0.1, 0.15) is 5.69 Å². The van der Waals surface area contributed by atoms with Gasteiger partial charge in [-0.3, -0.25) is 19.4 Å². The maximum atomic E-state index is 13.3. The summed E-state index contributed by atoms with van der Waals surface area (Å²) in [4.78, 5) is 26.4. The van der Waals surface area contributed by atoms with E-state index in [2.05, 4.69) is 20.6 Å². The third-order valence-electron chi connectivity index (χ3n) is 5.93. The van der Waals surface area contributed by atoms with Crippen molar-refractivity contribution in [3.63, 3.8) is 0 Å². The highest BCUT2D eigenvalue weighted by atomic mass is 32.2. The molecule has 3 aromatic rings. The van der Waals surface area contributed by atoms with Crippen LogP contribution < -0.4 is 10.5 Å². The lowest BCUT2D eigenvalue weighted by Gasteiger charge is -2.29. The summed E-state index contributed by atoms with van der Waals surface area (Å²) >= 11 is 0. The van der Waals surface area contributed by atoms with E-state index in [1.54, 1.807) is 12.1 Å². The van der Waals surface area contributed by atoms with Gasteiger partial charge in [-0.15, -0.1) is 0 Å². The van der Waals surface area contributed by atoms with Crippen LogP contribution in [0.25, 0.3) is 11.3 Å². The Bertz CT molecular complexity index is 1290. The summed E-state index contributed by atoms with van der Waals surface area (Å²) in [5, 5.41) is 18.4. The first-order chi connectivity index (χ1) is 15.6. The average Bonchev–Trinajstić information content (AvgIpc) is 3.38. The summed E-state index contributed by atoms with van der Waals surface area (Å²) in [5.41, 5.74) is 3.17. The van der Waals surface area contributed by atoms with Gasteiger partial charge in [0.05, 0.1) is 5.69 Å². The van der Waals surface area contributed by atoms with Gasteiger partial charge in [0.25, 0.3) is 10.0 Å². The van der Waals surface area contributed by atoms with E-state index < -0.39 is 32.8 Å². The molecular weight excluding hydrogens is 444 g/mol. The molecule has 33 heavy (non-hydrogen) atoms. The smallest absolute Gasteiger partial charge is 0.259 e. The maximum absolute atomic E-state index is 13.3. The molecule has 0 aliphatic heterocycles. The van der Waals surface area contributed by atoms with Crippen molar-refractivity contribution in [1.82, 2.24) is 20.0 Å².